The van der Waals surface area contributed by atoms with Gasteiger partial charge in [-0.2, -0.15) is 14.8 Å². The van der Waals surface area contributed by atoms with E-state index in [1.54, 1.807) is 18.2 Å². The van der Waals surface area contributed by atoms with Crippen molar-refractivity contribution < 1.29 is 10.4 Å². The van der Waals surface area contributed by atoms with Crippen molar-refractivity contribution in [2.45, 2.75) is 25.3 Å². The number of hydrogen-bond donors (Lipinski definition) is 3. The highest BCUT2D eigenvalue weighted by Crippen LogP contribution is 2.12. The molecule has 1 aliphatic rings. The van der Waals surface area contributed by atoms with Gasteiger partial charge in [0, 0.05) is 19.3 Å². The van der Waals surface area contributed by atoms with Crippen LogP contribution in [0.25, 0.3) is 0 Å². The van der Waals surface area contributed by atoms with E-state index in [-0.39, 0.29) is 12.0 Å². The van der Waals surface area contributed by atoms with Crippen molar-refractivity contribution in [1.29, 1.82) is 0 Å². The third-order valence-electron chi connectivity index (χ3n) is 3.04. The molecule has 1 aliphatic heterocycles. The molecule has 1 aromatic rings. The van der Waals surface area contributed by atoms with Gasteiger partial charge in [-0.15, -0.1) is 0 Å². The summed E-state index contributed by atoms with van der Waals surface area (Å²) in [6.07, 6.45) is 3.98. The Morgan fingerprint density at radius 2 is 2.11 bits per heavy atom. The Morgan fingerprint density at radius 3 is 2.89 bits per heavy atom. The van der Waals surface area contributed by atoms with Crippen LogP contribution in [0.2, 0.25) is 0 Å². The molecule has 104 valence electrons. The number of hydrogen-bond acceptors (Lipinski definition) is 4. The molecule has 7 nitrogen and oxygen atoms in total. The molecule has 1 aromatic heterocycles. The lowest BCUT2D eigenvalue weighted by atomic mass is 10.1. The number of nitrogens with zero attached hydrogens (tertiary/aromatic N) is 4. The maximum Gasteiger partial charge on any atom is 0.217 e. The molecule has 0 bridgehead atoms. The second kappa shape index (κ2) is 6.35. The summed E-state index contributed by atoms with van der Waals surface area (Å²) in [7, 11) is 0. The molecule has 1 fully saturated rings. The summed E-state index contributed by atoms with van der Waals surface area (Å²) in [6, 6.07) is 5.16. The molecule has 0 saturated carbocycles. The van der Waals surface area contributed by atoms with Crippen LogP contribution in [-0.4, -0.2) is 45.3 Å². The second-order valence-corrected chi connectivity index (χ2v) is 4.54. The average molecular weight is 265 g/mol. The summed E-state index contributed by atoms with van der Waals surface area (Å²) in [5.41, 5.74) is 6.11. The monoisotopic (exact) mass is 265 g/mol. The average Bonchev–Trinajstić information content (AvgIpc) is 2.57. The fraction of sp³-hybridized carbons (Fsp3) is 0.500. The van der Waals surface area contributed by atoms with Gasteiger partial charge in [-0.1, -0.05) is 6.07 Å². The third kappa shape index (κ3) is 4.08. The second-order valence-electron chi connectivity index (χ2n) is 4.54. The first-order valence-corrected chi connectivity index (χ1v) is 6.34. The van der Waals surface area contributed by atoms with Crippen LogP contribution < -0.4 is 11.2 Å². The minimum absolute atomic E-state index is 0.0664. The Kier molecular flexibility index (Phi) is 4.53. The molecule has 0 radical (unpaired) electrons. The fourth-order valence-electron chi connectivity index (χ4n) is 2.04. The van der Waals surface area contributed by atoms with Crippen molar-refractivity contribution >= 4 is 5.96 Å². The number of nitrogens with two attached hydrogens (primary N) is 1. The van der Waals surface area contributed by atoms with Gasteiger partial charge < -0.3 is 16.1 Å². The molecular formula is C12H19N5O2. The molecule has 1 unspecified atom stereocenters. The maximum atomic E-state index is 9.52. The summed E-state index contributed by atoms with van der Waals surface area (Å²) in [6.45, 7) is 1.26. The minimum atomic E-state index is 0.0664. The van der Waals surface area contributed by atoms with E-state index in [0.29, 0.717) is 18.6 Å². The smallest absolute Gasteiger partial charge is 0.217 e. The summed E-state index contributed by atoms with van der Waals surface area (Å²) in [5.74, 6) is 0.144. The van der Waals surface area contributed by atoms with Crippen molar-refractivity contribution in [1.82, 2.24) is 9.79 Å². The van der Waals surface area contributed by atoms with Crippen LogP contribution >= 0.6 is 0 Å². The van der Waals surface area contributed by atoms with Gasteiger partial charge in [0.25, 0.3) is 0 Å². The van der Waals surface area contributed by atoms with Crippen LogP contribution in [-0.2, 0) is 0 Å². The number of aromatic nitrogens is 1. The molecular weight excluding hydrogens is 246 g/mol. The molecule has 4 N–H and O–H groups in total. The minimum Gasteiger partial charge on any atom is -0.427 e. The van der Waals surface area contributed by atoms with Crippen LogP contribution in [0.15, 0.2) is 34.4 Å². The van der Waals surface area contributed by atoms with Crippen molar-refractivity contribution in [3.63, 3.8) is 0 Å². The summed E-state index contributed by atoms with van der Waals surface area (Å²) in [5, 5.41) is 20.2. The highest BCUT2D eigenvalue weighted by molar-refractivity contribution is 5.78. The third-order valence-corrected chi connectivity index (χ3v) is 3.04. The topological polar surface area (TPSA) is 99.4 Å². The van der Waals surface area contributed by atoms with E-state index >= 15 is 0 Å². The van der Waals surface area contributed by atoms with Crippen LogP contribution in [0, 0.1) is 0 Å². The van der Waals surface area contributed by atoms with Gasteiger partial charge >= 0.3 is 0 Å². The SMILES string of the molecule is NC(=NC1CCCN(O)CC1)N=c1ccccn1O. The highest BCUT2D eigenvalue weighted by Gasteiger charge is 2.14. The van der Waals surface area contributed by atoms with Crippen LogP contribution in [0.4, 0.5) is 0 Å². The quantitative estimate of drug-likeness (QED) is 0.383. The van der Waals surface area contributed by atoms with E-state index in [1.165, 1.54) is 11.3 Å². The van der Waals surface area contributed by atoms with E-state index in [0.717, 1.165) is 24.0 Å². The Hall–Kier alpha value is -1.86. The van der Waals surface area contributed by atoms with Crippen LogP contribution in [0.1, 0.15) is 19.3 Å². The lowest BCUT2D eigenvalue weighted by Gasteiger charge is -2.10. The number of aliphatic imine (C=N–C) groups is 1. The van der Waals surface area contributed by atoms with Gasteiger partial charge in [-0.25, -0.2) is 4.99 Å². The molecule has 0 aliphatic carbocycles. The zero-order chi connectivity index (χ0) is 13.7. The van der Waals surface area contributed by atoms with E-state index < -0.39 is 0 Å². The van der Waals surface area contributed by atoms with Gasteiger partial charge in [0.2, 0.25) is 5.96 Å². The first-order valence-electron chi connectivity index (χ1n) is 6.34. The van der Waals surface area contributed by atoms with Crippen molar-refractivity contribution in [3.8, 4) is 0 Å². The van der Waals surface area contributed by atoms with Gasteiger partial charge in [-0.3, -0.25) is 0 Å². The summed E-state index contributed by atoms with van der Waals surface area (Å²) >= 11 is 0. The zero-order valence-corrected chi connectivity index (χ0v) is 10.7. The number of hydroxylamine groups is 2. The fourth-order valence-corrected chi connectivity index (χ4v) is 2.04. The van der Waals surface area contributed by atoms with Crippen molar-refractivity contribution in [2.24, 2.45) is 15.7 Å². The Bertz CT molecular complexity index is 511. The van der Waals surface area contributed by atoms with Gasteiger partial charge in [0.15, 0.2) is 5.49 Å². The molecule has 0 amide bonds. The molecule has 0 spiro atoms. The van der Waals surface area contributed by atoms with Crippen molar-refractivity contribution in [3.05, 3.63) is 29.9 Å². The predicted molar refractivity (Wildman–Crippen MR) is 69.8 cm³/mol. The molecule has 1 saturated heterocycles. The molecule has 1 atom stereocenters. The first kappa shape index (κ1) is 13.6. The Labute approximate surface area is 111 Å². The Balaban J connectivity index is 2.11. The number of guanidine groups is 1. The standard InChI is InChI=1S/C12H19N5O2/c13-12(15-11-5-1-2-8-17(11)19)14-10-4-3-7-16(18)9-6-10/h1-2,5,8,10,18-19H,3-4,6-7,9H2,(H2,13,14). The first-order chi connectivity index (χ1) is 9.15. The largest absolute Gasteiger partial charge is 0.427 e. The molecule has 0 aromatic carbocycles. The maximum absolute atomic E-state index is 9.52. The number of rotatable bonds is 1. The van der Waals surface area contributed by atoms with E-state index in [2.05, 4.69) is 9.98 Å². The predicted octanol–water partition coefficient (Wildman–Crippen LogP) is 0.185. The Morgan fingerprint density at radius 1 is 1.26 bits per heavy atom. The molecule has 19 heavy (non-hydrogen) atoms. The number of pyridine rings is 1. The summed E-state index contributed by atoms with van der Waals surface area (Å²) in [4.78, 5) is 8.40. The van der Waals surface area contributed by atoms with Crippen LogP contribution in [0.5, 0.6) is 0 Å². The lowest BCUT2D eigenvalue weighted by Crippen LogP contribution is -2.24. The highest BCUT2D eigenvalue weighted by atomic mass is 16.5. The summed E-state index contributed by atoms with van der Waals surface area (Å²) < 4.78 is 0.894. The normalized spacial score (nSPS) is 23.3. The van der Waals surface area contributed by atoms with Gasteiger partial charge in [-0.05, 0) is 31.4 Å². The van der Waals surface area contributed by atoms with E-state index in [4.69, 9.17) is 5.73 Å². The lowest BCUT2D eigenvalue weighted by molar-refractivity contribution is -0.0875. The van der Waals surface area contributed by atoms with Gasteiger partial charge in [0.1, 0.15) is 0 Å². The molecule has 2 heterocycles. The molecule has 7 heteroatoms. The zero-order valence-electron chi connectivity index (χ0n) is 10.7. The van der Waals surface area contributed by atoms with E-state index in [9.17, 15) is 10.4 Å². The van der Waals surface area contributed by atoms with E-state index in [1.807, 2.05) is 0 Å². The van der Waals surface area contributed by atoms with Crippen molar-refractivity contribution in [2.75, 3.05) is 13.1 Å². The van der Waals surface area contributed by atoms with Crippen LogP contribution in [0.3, 0.4) is 0 Å². The molecule has 2 rings (SSSR count). The van der Waals surface area contributed by atoms with Gasteiger partial charge in [0.05, 0.1) is 6.04 Å².